The smallest absolute Gasteiger partial charge is 0.0345 e. The Morgan fingerprint density at radius 3 is 2.06 bits per heavy atom. The van der Waals surface area contributed by atoms with E-state index in [4.69, 9.17) is 0 Å². The molecule has 17 heavy (non-hydrogen) atoms. The van der Waals surface area contributed by atoms with Gasteiger partial charge >= 0.3 is 0 Å². The second-order valence-corrected chi connectivity index (χ2v) is 5.32. The van der Waals surface area contributed by atoms with Crippen LogP contribution in [0.25, 0.3) is 0 Å². The Balaban J connectivity index is 2.58. The molecule has 1 atom stereocenters. The minimum absolute atomic E-state index is 0.667. The summed E-state index contributed by atoms with van der Waals surface area (Å²) in [4.78, 5) is 0. The van der Waals surface area contributed by atoms with E-state index >= 15 is 0 Å². The fourth-order valence-corrected chi connectivity index (χ4v) is 2.13. The lowest BCUT2D eigenvalue weighted by Gasteiger charge is -2.21. The Morgan fingerprint density at radius 2 is 1.59 bits per heavy atom. The lowest BCUT2D eigenvalue weighted by atomic mass is 9.95. The van der Waals surface area contributed by atoms with Gasteiger partial charge in [0.15, 0.2) is 0 Å². The normalized spacial score (nSPS) is 12.8. The van der Waals surface area contributed by atoms with Crippen LogP contribution in [-0.2, 0) is 0 Å². The van der Waals surface area contributed by atoms with Crippen LogP contribution in [0.4, 0.5) is 5.69 Å². The van der Waals surface area contributed by atoms with Gasteiger partial charge in [0.2, 0.25) is 0 Å². The van der Waals surface area contributed by atoms with Gasteiger partial charge in [-0.25, -0.2) is 0 Å². The third kappa shape index (κ3) is 4.78. The number of nitrogens with one attached hydrogen (secondary N) is 2. The van der Waals surface area contributed by atoms with Gasteiger partial charge in [0, 0.05) is 12.2 Å². The van der Waals surface area contributed by atoms with Crippen molar-refractivity contribution >= 4 is 5.69 Å². The summed E-state index contributed by atoms with van der Waals surface area (Å²) in [5.74, 6) is 1.36. The van der Waals surface area contributed by atoms with Crippen molar-refractivity contribution < 1.29 is 0 Å². The summed E-state index contributed by atoms with van der Waals surface area (Å²) in [6.45, 7) is 10.9. The zero-order valence-electron chi connectivity index (χ0n) is 11.8. The first-order chi connectivity index (χ1) is 8.02. The molecule has 0 amide bonds. The van der Waals surface area contributed by atoms with Gasteiger partial charge in [0.25, 0.3) is 0 Å². The molecule has 2 heteroatoms. The minimum Gasteiger partial charge on any atom is -0.385 e. The highest BCUT2D eigenvalue weighted by Crippen LogP contribution is 2.16. The van der Waals surface area contributed by atoms with Crippen molar-refractivity contribution in [1.29, 1.82) is 0 Å². The maximum absolute atomic E-state index is 3.55. The van der Waals surface area contributed by atoms with Gasteiger partial charge in [-0.3, -0.25) is 0 Å². The third-order valence-electron chi connectivity index (χ3n) is 3.20. The summed E-state index contributed by atoms with van der Waals surface area (Å²) in [6.07, 6.45) is 0. The second kappa shape index (κ2) is 6.65. The molecule has 0 heterocycles. The second-order valence-electron chi connectivity index (χ2n) is 5.32. The highest BCUT2D eigenvalue weighted by Gasteiger charge is 2.11. The number of hydrogen-bond acceptors (Lipinski definition) is 2. The van der Waals surface area contributed by atoms with Crippen LogP contribution in [0.15, 0.2) is 18.2 Å². The van der Waals surface area contributed by atoms with Crippen LogP contribution in [0, 0.1) is 25.7 Å². The summed E-state index contributed by atoms with van der Waals surface area (Å²) in [6, 6.07) is 6.63. The third-order valence-corrected chi connectivity index (χ3v) is 3.20. The maximum Gasteiger partial charge on any atom is 0.0345 e. The molecule has 1 unspecified atom stereocenters. The summed E-state index contributed by atoms with van der Waals surface area (Å²) >= 11 is 0. The average molecular weight is 234 g/mol. The lowest BCUT2D eigenvalue weighted by molar-refractivity contribution is 0.390. The molecule has 0 aliphatic heterocycles. The zero-order valence-corrected chi connectivity index (χ0v) is 11.8. The van der Waals surface area contributed by atoms with Gasteiger partial charge in [-0.05, 0) is 62.5 Å². The minimum atomic E-state index is 0.667. The number of rotatable bonds is 6. The van der Waals surface area contributed by atoms with Crippen LogP contribution in [0.2, 0.25) is 0 Å². The molecule has 0 saturated carbocycles. The molecule has 0 fully saturated rings. The SMILES string of the molecule is CNCC(CNc1cc(C)cc(C)c1)C(C)C. The number of hydrogen-bond donors (Lipinski definition) is 2. The predicted molar refractivity (Wildman–Crippen MR) is 76.7 cm³/mol. The van der Waals surface area contributed by atoms with Crippen molar-refractivity contribution in [3.05, 3.63) is 29.3 Å². The molecular formula is C15H26N2. The molecule has 0 aliphatic rings. The Hall–Kier alpha value is -1.02. The number of aryl methyl sites for hydroxylation is 2. The first-order valence-corrected chi connectivity index (χ1v) is 6.49. The first-order valence-electron chi connectivity index (χ1n) is 6.49. The molecule has 1 rings (SSSR count). The Labute approximate surface area is 106 Å². The summed E-state index contributed by atoms with van der Waals surface area (Å²) < 4.78 is 0. The molecule has 0 aliphatic carbocycles. The van der Waals surface area contributed by atoms with Crippen molar-refractivity contribution in [3.8, 4) is 0 Å². The standard InChI is InChI=1S/C15H26N2/c1-11(2)14(9-16-5)10-17-15-7-12(3)6-13(4)8-15/h6-8,11,14,16-17H,9-10H2,1-5H3. The lowest BCUT2D eigenvalue weighted by Crippen LogP contribution is -2.29. The van der Waals surface area contributed by atoms with Crippen molar-refractivity contribution in [2.75, 3.05) is 25.5 Å². The molecule has 2 N–H and O–H groups in total. The van der Waals surface area contributed by atoms with E-state index in [1.165, 1.54) is 16.8 Å². The average Bonchev–Trinajstić information content (AvgIpc) is 2.22. The monoisotopic (exact) mass is 234 g/mol. The summed E-state index contributed by atoms with van der Waals surface area (Å²) in [5.41, 5.74) is 3.88. The fraction of sp³-hybridized carbons (Fsp3) is 0.600. The predicted octanol–water partition coefficient (Wildman–Crippen LogP) is 3.21. The first kappa shape index (κ1) is 14.0. The molecule has 0 bridgehead atoms. The van der Waals surface area contributed by atoms with Gasteiger partial charge < -0.3 is 10.6 Å². The van der Waals surface area contributed by atoms with E-state index in [-0.39, 0.29) is 0 Å². The molecule has 1 aromatic rings. The molecule has 0 saturated heterocycles. The van der Waals surface area contributed by atoms with Gasteiger partial charge in [0.05, 0.1) is 0 Å². The van der Waals surface area contributed by atoms with E-state index in [9.17, 15) is 0 Å². The van der Waals surface area contributed by atoms with Gasteiger partial charge in [-0.15, -0.1) is 0 Å². The molecule has 2 nitrogen and oxygen atoms in total. The van der Waals surface area contributed by atoms with Crippen LogP contribution in [0.5, 0.6) is 0 Å². The Morgan fingerprint density at radius 1 is 1.00 bits per heavy atom. The van der Waals surface area contributed by atoms with Crippen molar-refractivity contribution in [1.82, 2.24) is 5.32 Å². The molecule has 1 aromatic carbocycles. The maximum atomic E-state index is 3.55. The zero-order chi connectivity index (χ0) is 12.8. The largest absolute Gasteiger partial charge is 0.385 e. The molecular weight excluding hydrogens is 208 g/mol. The van der Waals surface area contributed by atoms with E-state index in [0.29, 0.717) is 11.8 Å². The van der Waals surface area contributed by atoms with Gasteiger partial charge in [0.1, 0.15) is 0 Å². The van der Waals surface area contributed by atoms with Crippen LogP contribution >= 0.6 is 0 Å². The summed E-state index contributed by atoms with van der Waals surface area (Å²) in [7, 11) is 2.02. The van der Waals surface area contributed by atoms with E-state index in [1.54, 1.807) is 0 Å². The Kier molecular flexibility index (Phi) is 5.49. The van der Waals surface area contributed by atoms with Crippen molar-refractivity contribution in [3.63, 3.8) is 0 Å². The quantitative estimate of drug-likeness (QED) is 0.790. The van der Waals surface area contributed by atoms with Gasteiger partial charge in [-0.2, -0.15) is 0 Å². The molecule has 0 aromatic heterocycles. The molecule has 96 valence electrons. The number of benzene rings is 1. The van der Waals surface area contributed by atoms with Crippen LogP contribution in [0.1, 0.15) is 25.0 Å². The molecule has 0 spiro atoms. The highest BCUT2D eigenvalue weighted by atomic mass is 14.9. The van der Waals surface area contributed by atoms with E-state index in [1.807, 2.05) is 7.05 Å². The highest BCUT2D eigenvalue weighted by molar-refractivity contribution is 5.48. The molecule has 0 radical (unpaired) electrons. The van der Waals surface area contributed by atoms with E-state index in [2.05, 4.69) is 56.5 Å². The van der Waals surface area contributed by atoms with Crippen LogP contribution in [0.3, 0.4) is 0 Å². The van der Waals surface area contributed by atoms with E-state index < -0.39 is 0 Å². The Bertz CT molecular complexity index is 325. The fourth-order valence-electron chi connectivity index (χ4n) is 2.13. The van der Waals surface area contributed by atoms with Crippen molar-refractivity contribution in [2.24, 2.45) is 11.8 Å². The van der Waals surface area contributed by atoms with Crippen LogP contribution in [-0.4, -0.2) is 20.1 Å². The topological polar surface area (TPSA) is 24.1 Å². The van der Waals surface area contributed by atoms with Crippen LogP contribution < -0.4 is 10.6 Å². The number of anilines is 1. The summed E-state index contributed by atoms with van der Waals surface area (Å²) in [5, 5.41) is 6.82. The van der Waals surface area contributed by atoms with Gasteiger partial charge in [-0.1, -0.05) is 19.9 Å². The van der Waals surface area contributed by atoms with Crippen molar-refractivity contribution in [2.45, 2.75) is 27.7 Å². The van der Waals surface area contributed by atoms with E-state index in [0.717, 1.165) is 13.1 Å².